The zero-order valence-corrected chi connectivity index (χ0v) is 6.84. The molecule has 0 spiro atoms. The van der Waals surface area contributed by atoms with Crippen molar-refractivity contribution in [1.82, 2.24) is 5.32 Å². The molecule has 0 heterocycles. The van der Waals surface area contributed by atoms with Crippen LogP contribution in [0.2, 0.25) is 0 Å². The first kappa shape index (κ1) is 4.25. The molecule has 0 saturated carbocycles. The van der Waals surface area contributed by atoms with E-state index in [2.05, 4.69) is 0 Å². The minimum atomic E-state index is -3.06. The lowest BCUT2D eigenvalue weighted by Gasteiger charge is -2.14. The Kier molecular flexibility index (Phi) is 1.68. The zero-order chi connectivity index (χ0) is 14.9. The lowest BCUT2D eigenvalue weighted by Crippen LogP contribution is -2.40. The van der Waals surface area contributed by atoms with Crippen LogP contribution in [0.15, 0.2) is 0 Å². The molecule has 0 radical (unpaired) electrons. The van der Waals surface area contributed by atoms with Crippen LogP contribution in [0.1, 0.15) is 35.3 Å². The summed E-state index contributed by atoms with van der Waals surface area (Å²) in [5.74, 6) is -4.64. The molecule has 1 unspecified atom stereocenters. The molecule has 0 bridgehead atoms. The van der Waals surface area contributed by atoms with Crippen molar-refractivity contribution in [3.8, 4) is 0 Å². The highest BCUT2D eigenvalue weighted by atomic mass is 16.4. The summed E-state index contributed by atoms with van der Waals surface area (Å²) in [7, 11) is 0. The number of aliphatic carboxylic acids is 1. The molecular formula is C8H15NO3. The minimum Gasteiger partial charge on any atom is -0.480 e. The summed E-state index contributed by atoms with van der Waals surface area (Å²) in [6.07, 6.45) is -2.98. The van der Waals surface area contributed by atoms with Gasteiger partial charge in [-0.1, -0.05) is 13.8 Å². The van der Waals surface area contributed by atoms with Crippen LogP contribution in [0.3, 0.4) is 0 Å². The Hall–Kier alpha value is -1.06. The number of nitrogens with one attached hydrogen (secondary N) is 1. The van der Waals surface area contributed by atoms with Gasteiger partial charge in [0.15, 0.2) is 0 Å². The summed E-state index contributed by atoms with van der Waals surface area (Å²) in [4.78, 5) is 21.9. The largest absolute Gasteiger partial charge is 0.480 e. The fraction of sp³-hybridized carbons (Fsp3) is 0.750. The minimum absolute atomic E-state index is 0.919. The van der Waals surface area contributed by atoms with E-state index in [0.717, 1.165) is 13.8 Å². The molecule has 2 N–H and O–H groups in total. The lowest BCUT2D eigenvalue weighted by molar-refractivity contribution is -0.142. The molecule has 0 aromatic carbocycles. The molecule has 0 saturated heterocycles. The normalized spacial score (nSPS) is 27.2. The molecule has 0 aromatic rings. The Morgan fingerprint density at radius 2 is 2.42 bits per heavy atom. The summed E-state index contributed by atoms with van der Waals surface area (Å²) in [6, 6.07) is -3.06. The first-order valence-corrected chi connectivity index (χ1v) is 3.29. The predicted molar refractivity (Wildman–Crippen MR) is 44.7 cm³/mol. The average Bonchev–Trinajstić information content (AvgIpc) is 2.13. The van der Waals surface area contributed by atoms with E-state index in [4.69, 9.17) is 13.3 Å². The lowest BCUT2D eigenvalue weighted by atomic mass is 10.0. The van der Waals surface area contributed by atoms with Crippen LogP contribution < -0.4 is 5.32 Å². The van der Waals surface area contributed by atoms with Gasteiger partial charge in [0.05, 0.1) is 1.37 Å². The van der Waals surface area contributed by atoms with E-state index in [0.29, 0.717) is 0 Å². The van der Waals surface area contributed by atoms with Gasteiger partial charge in [-0.15, -0.1) is 0 Å². The Labute approximate surface area is 80.4 Å². The second-order valence-electron chi connectivity index (χ2n) is 2.23. The average molecular weight is 179 g/mol. The molecule has 4 nitrogen and oxygen atoms in total. The van der Waals surface area contributed by atoms with Crippen LogP contribution in [-0.4, -0.2) is 23.0 Å². The number of carbonyl (C=O) groups excluding carboxylic acids is 1. The van der Waals surface area contributed by atoms with Crippen LogP contribution in [0.5, 0.6) is 0 Å². The Bertz CT molecular complexity index is 355. The third kappa shape index (κ3) is 4.71. The van der Waals surface area contributed by atoms with E-state index < -0.39 is 37.0 Å². The van der Waals surface area contributed by atoms with E-state index in [-0.39, 0.29) is 0 Å². The molecule has 0 aliphatic rings. The molecule has 1 amide bonds. The molecule has 0 aliphatic carbocycles. The van der Waals surface area contributed by atoms with Crippen molar-refractivity contribution in [2.24, 2.45) is 5.92 Å². The molecule has 0 aromatic heterocycles. The van der Waals surface area contributed by atoms with Crippen molar-refractivity contribution in [3.63, 3.8) is 0 Å². The van der Waals surface area contributed by atoms with Crippen LogP contribution in [0.4, 0.5) is 0 Å². The summed E-state index contributed by atoms with van der Waals surface area (Å²) >= 11 is 0. The number of carbonyl (C=O) groups is 2. The Morgan fingerprint density at radius 3 is 2.75 bits per heavy atom. The second kappa shape index (κ2) is 4.74. The van der Waals surface area contributed by atoms with Crippen LogP contribution in [-0.2, 0) is 9.59 Å². The SMILES string of the molecule is [2H]C([2H])([2H])C(C)C([2H])([2H])[C@@]([2H])(NC(C)=O)C(=O)O. The number of rotatable bonds is 4. The molecule has 0 rings (SSSR count). The smallest absolute Gasteiger partial charge is 0.326 e. The number of carboxylic acid groups (broad SMARTS) is 1. The van der Waals surface area contributed by atoms with Gasteiger partial charge in [0, 0.05) is 13.8 Å². The number of amides is 1. The molecule has 70 valence electrons. The maximum atomic E-state index is 11.0. The monoisotopic (exact) mass is 179 g/mol. The van der Waals surface area contributed by atoms with Gasteiger partial charge in [-0.25, -0.2) is 4.79 Å². The topological polar surface area (TPSA) is 66.4 Å². The third-order valence-corrected chi connectivity index (χ3v) is 0.876. The summed E-state index contributed by atoms with van der Waals surface area (Å²) in [5.41, 5.74) is 0. The van der Waals surface area contributed by atoms with E-state index >= 15 is 0 Å². The van der Waals surface area contributed by atoms with Crippen molar-refractivity contribution in [2.75, 3.05) is 0 Å². The summed E-state index contributed by atoms with van der Waals surface area (Å²) < 4.78 is 44.0. The van der Waals surface area contributed by atoms with Crippen molar-refractivity contribution >= 4 is 11.9 Å². The van der Waals surface area contributed by atoms with E-state index in [9.17, 15) is 9.59 Å². The Morgan fingerprint density at radius 1 is 1.83 bits per heavy atom. The highest BCUT2D eigenvalue weighted by Crippen LogP contribution is 2.04. The molecule has 4 heteroatoms. The van der Waals surface area contributed by atoms with Gasteiger partial charge in [0.1, 0.15) is 6.02 Å². The molecule has 0 fully saturated rings. The highest BCUT2D eigenvalue weighted by Gasteiger charge is 2.18. The number of hydrogen-bond acceptors (Lipinski definition) is 2. The van der Waals surface area contributed by atoms with Crippen LogP contribution in [0.25, 0.3) is 0 Å². The van der Waals surface area contributed by atoms with Crippen LogP contribution >= 0.6 is 0 Å². The van der Waals surface area contributed by atoms with Gasteiger partial charge in [0.25, 0.3) is 0 Å². The zero-order valence-electron chi connectivity index (χ0n) is 12.8. The first-order valence-electron chi connectivity index (χ1n) is 6.29. The van der Waals surface area contributed by atoms with Gasteiger partial charge in [0.2, 0.25) is 5.91 Å². The molecule has 0 aliphatic heterocycles. The molecular weight excluding hydrogens is 158 g/mol. The third-order valence-electron chi connectivity index (χ3n) is 0.876. The highest BCUT2D eigenvalue weighted by molar-refractivity contribution is 5.81. The fourth-order valence-electron chi connectivity index (χ4n) is 0.544. The van der Waals surface area contributed by atoms with Gasteiger partial charge in [-0.3, -0.25) is 4.79 Å². The summed E-state index contributed by atoms with van der Waals surface area (Å²) in [5, 5.41) is 10.6. The molecule has 2 atom stereocenters. The van der Waals surface area contributed by atoms with Crippen molar-refractivity contribution in [1.29, 1.82) is 0 Å². The van der Waals surface area contributed by atoms with E-state index in [1.807, 2.05) is 0 Å². The summed E-state index contributed by atoms with van der Waals surface area (Å²) in [6.45, 7) is -0.896. The van der Waals surface area contributed by atoms with Crippen molar-refractivity contribution in [2.45, 2.75) is 33.1 Å². The maximum Gasteiger partial charge on any atom is 0.326 e. The maximum absolute atomic E-state index is 11.0. The van der Waals surface area contributed by atoms with Gasteiger partial charge >= 0.3 is 5.97 Å². The molecule has 12 heavy (non-hydrogen) atoms. The number of hydrogen-bond donors (Lipinski definition) is 2. The van der Waals surface area contributed by atoms with E-state index in [1.54, 1.807) is 5.32 Å². The Balaban J connectivity index is 5.62. The second-order valence-corrected chi connectivity index (χ2v) is 2.23. The standard InChI is InChI=1S/C8H15NO3/c1-5(2)4-7(8(11)12)9-6(3)10/h5,7H,4H2,1-3H3,(H,9,10)(H,11,12)/t7-/m1/s1/i1D3,4D2,7D/t5?,7-. The van der Waals surface area contributed by atoms with Gasteiger partial charge in [-0.05, 0) is 12.3 Å². The predicted octanol–water partition coefficient (Wildman–Crippen LogP) is 0.622. The fourth-order valence-corrected chi connectivity index (χ4v) is 0.544. The van der Waals surface area contributed by atoms with E-state index in [1.165, 1.54) is 0 Å². The van der Waals surface area contributed by atoms with Gasteiger partial charge < -0.3 is 10.4 Å². The number of carboxylic acids is 1. The van der Waals surface area contributed by atoms with Crippen molar-refractivity contribution < 1.29 is 22.9 Å². The quantitative estimate of drug-likeness (QED) is 0.665. The van der Waals surface area contributed by atoms with Gasteiger partial charge in [-0.2, -0.15) is 0 Å². The van der Waals surface area contributed by atoms with Crippen LogP contribution in [0, 0.1) is 5.92 Å². The first-order chi connectivity index (χ1) is 7.76. The van der Waals surface area contributed by atoms with Crippen molar-refractivity contribution in [3.05, 3.63) is 0 Å².